The molecule has 94 valence electrons. The van der Waals surface area contributed by atoms with Gasteiger partial charge in [-0.2, -0.15) is 0 Å². The number of hydrogen-bond donors (Lipinski definition) is 1. The van der Waals surface area contributed by atoms with Crippen LogP contribution in [0.4, 0.5) is 0 Å². The van der Waals surface area contributed by atoms with Gasteiger partial charge in [-0.15, -0.1) is 0 Å². The normalized spacial score (nSPS) is 38.2. The number of hydrazine groups is 1. The van der Waals surface area contributed by atoms with Crippen LogP contribution in [0.3, 0.4) is 0 Å². The molecule has 2 rings (SSSR count). The summed E-state index contributed by atoms with van der Waals surface area (Å²) in [4.78, 5) is 0. The summed E-state index contributed by atoms with van der Waals surface area (Å²) in [5, 5.41) is 2.50. The Bertz CT molecular complexity index is 192. The van der Waals surface area contributed by atoms with E-state index >= 15 is 0 Å². The molecule has 3 heteroatoms. The fourth-order valence-electron chi connectivity index (χ4n) is 2.92. The Morgan fingerprint density at radius 2 is 1.69 bits per heavy atom. The molecule has 1 N–H and O–H groups in total. The zero-order valence-electron chi connectivity index (χ0n) is 10.7. The standard InChI is InChI=1S/C13H26N2O/c1-11-5-3-6-12(2)15(11)14-13-7-4-9-16-10-8-13/h11-14H,3-10H2,1-2H3. The van der Waals surface area contributed by atoms with E-state index in [0.717, 1.165) is 19.6 Å². The van der Waals surface area contributed by atoms with Gasteiger partial charge < -0.3 is 4.74 Å². The van der Waals surface area contributed by atoms with Gasteiger partial charge in [0.05, 0.1) is 0 Å². The molecule has 2 saturated heterocycles. The van der Waals surface area contributed by atoms with Gasteiger partial charge >= 0.3 is 0 Å². The second-order valence-corrected chi connectivity index (χ2v) is 5.41. The second-order valence-electron chi connectivity index (χ2n) is 5.41. The van der Waals surface area contributed by atoms with Gasteiger partial charge in [-0.05, 0) is 46.0 Å². The molecule has 2 fully saturated rings. The molecular weight excluding hydrogens is 200 g/mol. The largest absolute Gasteiger partial charge is 0.381 e. The molecule has 2 aliphatic rings. The molecule has 0 aromatic carbocycles. The van der Waals surface area contributed by atoms with E-state index in [0.29, 0.717) is 18.1 Å². The molecular formula is C13H26N2O. The molecule has 0 aromatic heterocycles. The van der Waals surface area contributed by atoms with Crippen molar-refractivity contribution in [1.82, 2.24) is 10.4 Å². The fourth-order valence-corrected chi connectivity index (χ4v) is 2.92. The number of nitrogens with one attached hydrogen (secondary N) is 1. The zero-order chi connectivity index (χ0) is 11.4. The van der Waals surface area contributed by atoms with Crippen molar-refractivity contribution in [3.05, 3.63) is 0 Å². The average molecular weight is 226 g/mol. The summed E-state index contributed by atoms with van der Waals surface area (Å²) >= 11 is 0. The van der Waals surface area contributed by atoms with Gasteiger partial charge in [-0.25, -0.2) is 5.01 Å². The van der Waals surface area contributed by atoms with E-state index < -0.39 is 0 Å². The summed E-state index contributed by atoms with van der Waals surface area (Å²) in [6, 6.07) is 2.01. The third kappa shape index (κ3) is 3.19. The number of ether oxygens (including phenoxy) is 1. The summed E-state index contributed by atoms with van der Waals surface area (Å²) in [6.07, 6.45) is 7.68. The van der Waals surface area contributed by atoms with Crippen LogP contribution < -0.4 is 5.43 Å². The van der Waals surface area contributed by atoms with Crippen molar-refractivity contribution in [2.75, 3.05) is 13.2 Å². The molecule has 0 amide bonds. The van der Waals surface area contributed by atoms with Crippen molar-refractivity contribution in [2.45, 2.75) is 70.5 Å². The van der Waals surface area contributed by atoms with Crippen LogP contribution in [0.5, 0.6) is 0 Å². The van der Waals surface area contributed by atoms with Crippen molar-refractivity contribution in [1.29, 1.82) is 0 Å². The van der Waals surface area contributed by atoms with E-state index in [1.54, 1.807) is 0 Å². The first kappa shape index (κ1) is 12.3. The third-order valence-electron chi connectivity index (χ3n) is 3.98. The smallest absolute Gasteiger partial charge is 0.0481 e. The Morgan fingerprint density at radius 3 is 2.44 bits per heavy atom. The summed E-state index contributed by atoms with van der Waals surface area (Å²) in [6.45, 7) is 6.56. The predicted octanol–water partition coefficient (Wildman–Crippen LogP) is 2.32. The molecule has 2 heterocycles. The second kappa shape index (κ2) is 5.99. The Hall–Kier alpha value is -0.120. The van der Waals surface area contributed by atoms with E-state index in [1.807, 2.05) is 0 Å². The zero-order valence-corrected chi connectivity index (χ0v) is 10.7. The van der Waals surface area contributed by atoms with Gasteiger partial charge in [-0.1, -0.05) is 6.42 Å². The molecule has 0 radical (unpaired) electrons. The van der Waals surface area contributed by atoms with Crippen LogP contribution in [0.1, 0.15) is 52.4 Å². The first-order valence-corrected chi connectivity index (χ1v) is 6.89. The highest BCUT2D eigenvalue weighted by Gasteiger charge is 2.26. The fraction of sp³-hybridized carbons (Fsp3) is 1.00. The number of nitrogens with zero attached hydrogens (tertiary/aromatic N) is 1. The summed E-state index contributed by atoms with van der Waals surface area (Å²) in [5.74, 6) is 0. The molecule has 3 nitrogen and oxygen atoms in total. The van der Waals surface area contributed by atoms with Crippen LogP contribution in [-0.4, -0.2) is 36.3 Å². The molecule has 16 heavy (non-hydrogen) atoms. The Labute approximate surface area is 99.5 Å². The van der Waals surface area contributed by atoms with Crippen molar-refractivity contribution < 1.29 is 4.74 Å². The monoisotopic (exact) mass is 226 g/mol. The lowest BCUT2D eigenvalue weighted by Crippen LogP contribution is -2.55. The quantitative estimate of drug-likeness (QED) is 0.782. The third-order valence-corrected chi connectivity index (χ3v) is 3.98. The van der Waals surface area contributed by atoms with Crippen molar-refractivity contribution in [2.24, 2.45) is 0 Å². The minimum Gasteiger partial charge on any atom is -0.381 e. The highest BCUT2D eigenvalue weighted by molar-refractivity contribution is 4.79. The van der Waals surface area contributed by atoms with Gasteiger partial charge in [-0.3, -0.25) is 5.43 Å². The van der Waals surface area contributed by atoms with Crippen LogP contribution in [-0.2, 0) is 4.74 Å². The minimum absolute atomic E-state index is 0.630. The van der Waals surface area contributed by atoms with Gasteiger partial charge in [0.15, 0.2) is 0 Å². The highest BCUT2D eigenvalue weighted by atomic mass is 16.5. The molecule has 3 unspecified atom stereocenters. The summed E-state index contributed by atoms with van der Waals surface area (Å²) in [5.41, 5.74) is 3.75. The lowest BCUT2D eigenvalue weighted by molar-refractivity contribution is 0.0256. The first-order valence-electron chi connectivity index (χ1n) is 6.89. The van der Waals surface area contributed by atoms with Crippen LogP contribution >= 0.6 is 0 Å². The van der Waals surface area contributed by atoms with E-state index in [9.17, 15) is 0 Å². The Kier molecular flexibility index (Phi) is 4.62. The summed E-state index contributed by atoms with van der Waals surface area (Å²) < 4.78 is 5.51. The molecule has 0 saturated carbocycles. The molecule has 0 aliphatic carbocycles. The number of hydrogen-bond acceptors (Lipinski definition) is 3. The lowest BCUT2D eigenvalue weighted by Gasteiger charge is -2.41. The molecule has 3 atom stereocenters. The number of rotatable bonds is 2. The average Bonchev–Trinajstić information content (AvgIpc) is 2.52. The van der Waals surface area contributed by atoms with Crippen LogP contribution in [0.25, 0.3) is 0 Å². The highest BCUT2D eigenvalue weighted by Crippen LogP contribution is 2.21. The maximum Gasteiger partial charge on any atom is 0.0481 e. The van der Waals surface area contributed by atoms with Gasteiger partial charge in [0.2, 0.25) is 0 Å². The molecule has 2 aliphatic heterocycles. The van der Waals surface area contributed by atoms with Gasteiger partial charge in [0, 0.05) is 31.3 Å². The molecule has 0 aromatic rings. The van der Waals surface area contributed by atoms with E-state index in [2.05, 4.69) is 24.3 Å². The van der Waals surface area contributed by atoms with Crippen molar-refractivity contribution in [3.63, 3.8) is 0 Å². The minimum atomic E-state index is 0.630. The van der Waals surface area contributed by atoms with E-state index in [4.69, 9.17) is 4.74 Å². The molecule has 0 spiro atoms. The van der Waals surface area contributed by atoms with E-state index in [-0.39, 0.29) is 0 Å². The maximum absolute atomic E-state index is 5.51. The lowest BCUT2D eigenvalue weighted by atomic mass is 9.99. The summed E-state index contributed by atoms with van der Waals surface area (Å²) in [7, 11) is 0. The van der Waals surface area contributed by atoms with Gasteiger partial charge in [0.25, 0.3) is 0 Å². The molecule has 0 bridgehead atoms. The van der Waals surface area contributed by atoms with Gasteiger partial charge in [0.1, 0.15) is 0 Å². The van der Waals surface area contributed by atoms with Crippen molar-refractivity contribution in [3.8, 4) is 0 Å². The van der Waals surface area contributed by atoms with E-state index in [1.165, 1.54) is 32.1 Å². The first-order chi connectivity index (χ1) is 7.77. The van der Waals surface area contributed by atoms with Crippen LogP contribution in [0.2, 0.25) is 0 Å². The van der Waals surface area contributed by atoms with Crippen LogP contribution in [0.15, 0.2) is 0 Å². The topological polar surface area (TPSA) is 24.5 Å². The SMILES string of the molecule is CC1CCCC(C)N1NC1CCCOCC1. The Morgan fingerprint density at radius 1 is 0.938 bits per heavy atom. The maximum atomic E-state index is 5.51. The van der Waals surface area contributed by atoms with Crippen LogP contribution in [0, 0.1) is 0 Å². The number of piperidine rings is 1. The van der Waals surface area contributed by atoms with Crippen molar-refractivity contribution >= 4 is 0 Å². The Balaban J connectivity index is 1.85. The predicted molar refractivity (Wildman–Crippen MR) is 66.2 cm³/mol.